The third-order valence-electron chi connectivity index (χ3n) is 3.46. The van der Waals surface area contributed by atoms with Crippen LogP contribution < -0.4 is 5.32 Å². The van der Waals surface area contributed by atoms with Crippen molar-refractivity contribution < 1.29 is 4.74 Å². The molecule has 2 rings (SSSR count). The van der Waals surface area contributed by atoms with Gasteiger partial charge in [0, 0.05) is 24.7 Å². The lowest BCUT2D eigenvalue weighted by Gasteiger charge is -2.26. The van der Waals surface area contributed by atoms with Gasteiger partial charge in [0.1, 0.15) is 0 Å². The predicted octanol–water partition coefficient (Wildman–Crippen LogP) is 2.46. The van der Waals surface area contributed by atoms with Gasteiger partial charge in [-0.25, -0.2) is 0 Å². The molecule has 1 aromatic carbocycles. The van der Waals surface area contributed by atoms with Crippen LogP contribution >= 0.6 is 11.6 Å². The highest BCUT2D eigenvalue weighted by Crippen LogP contribution is 2.17. The Labute approximate surface area is 120 Å². The molecule has 0 unspecified atom stereocenters. The van der Waals surface area contributed by atoms with Gasteiger partial charge >= 0.3 is 0 Å². The highest BCUT2D eigenvalue weighted by molar-refractivity contribution is 6.31. The third-order valence-corrected chi connectivity index (χ3v) is 3.81. The van der Waals surface area contributed by atoms with E-state index in [9.17, 15) is 0 Å². The summed E-state index contributed by atoms with van der Waals surface area (Å²) in [5.74, 6) is 0. The maximum absolute atomic E-state index is 6.20. The summed E-state index contributed by atoms with van der Waals surface area (Å²) in [4.78, 5) is 2.46. The number of morpholine rings is 1. The average Bonchev–Trinajstić information content (AvgIpc) is 2.42. The van der Waals surface area contributed by atoms with Gasteiger partial charge in [-0.15, -0.1) is 0 Å². The molecule has 0 aliphatic carbocycles. The number of nitrogens with zero attached hydrogens (tertiary/aromatic N) is 1. The fourth-order valence-electron chi connectivity index (χ4n) is 2.27. The van der Waals surface area contributed by atoms with E-state index in [0.717, 1.165) is 51.0 Å². The second-order valence-corrected chi connectivity index (χ2v) is 5.49. The minimum absolute atomic E-state index is 0.849. The molecule has 1 fully saturated rings. The molecular formula is C15H23ClN2O. The number of ether oxygens (including phenoxy) is 1. The first-order valence-corrected chi connectivity index (χ1v) is 7.39. The largest absolute Gasteiger partial charge is 0.379 e. The van der Waals surface area contributed by atoms with E-state index < -0.39 is 0 Å². The van der Waals surface area contributed by atoms with Crippen LogP contribution in [0, 0.1) is 6.92 Å². The molecule has 1 N–H and O–H groups in total. The first kappa shape index (κ1) is 14.8. The van der Waals surface area contributed by atoms with E-state index in [2.05, 4.69) is 29.3 Å². The van der Waals surface area contributed by atoms with E-state index in [1.54, 1.807) is 0 Å². The van der Waals surface area contributed by atoms with Crippen LogP contribution in [0.4, 0.5) is 0 Å². The van der Waals surface area contributed by atoms with Crippen molar-refractivity contribution in [1.29, 1.82) is 0 Å². The highest BCUT2D eigenvalue weighted by Gasteiger charge is 2.08. The lowest BCUT2D eigenvalue weighted by Crippen LogP contribution is -2.37. The maximum Gasteiger partial charge on any atom is 0.0594 e. The van der Waals surface area contributed by atoms with Gasteiger partial charge in [0.15, 0.2) is 0 Å². The van der Waals surface area contributed by atoms with E-state index >= 15 is 0 Å². The van der Waals surface area contributed by atoms with Crippen LogP contribution in [-0.4, -0.2) is 44.3 Å². The summed E-state index contributed by atoms with van der Waals surface area (Å²) < 4.78 is 5.34. The standard InChI is InChI=1S/C15H23ClN2O/c1-13-3-4-14(15(16)11-13)12-17-5-2-6-18-7-9-19-10-8-18/h3-4,11,17H,2,5-10,12H2,1H3. The van der Waals surface area contributed by atoms with Crippen molar-refractivity contribution in [3.05, 3.63) is 34.3 Å². The Kier molecular flexibility index (Phi) is 6.11. The molecule has 106 valence electrons. The van der Waals surface area contributed by atoms with Crippen molar-refractivity contribution in [3.8, 4) is 0 Å². The average molecular weight is 283 g/mol. The summed E-state index contributed by atoms with van der Waals surface area (Å²) in [6, 6.07) is 6.23. The van der Waals surface area contributed by atoms with Gasteiger partial charge in [-0.1, -0.05) is 23.7 Å². The van der Waals surface area contributed by atoms with Crippen molar-refractivity contribution in [1.82, 2.24) is 10.2 Å². The maximum atomic E-state index is 6.20. The summed E-state index contributed by atoms with van der Waals surface area (Å²) in [5, 5.41) is 4.32. The van der Waals surface area contributed by atoms with Crippen molar-refractivity contribution in [2.45, 2.75) is 19.9 Å². The highest BCUT2D eigenvalue weighted by atomic mass is 35.5. The normalized spacial score (nSPS) is 16.7. The van der Waals surface area contributed by atoms with E-state index in [1.807, 2.05) is 6.07 Å². The lowest BCUT2D eigenvalue weighted by atomic mass is 10.1. The summed E-state index contributed by atoms with van der Waals surface area (Å²) in [5.41, 5.74) is 2.39. The summed E-state index contributed by atoms with van der Waals surface area (Å²) in [7, 11) is 0. The summed E-state index contributed by atoms with van der Waals surface area (Å²) >= 11 is 6.20. The Morgan fingerprint density at radius 3 is 2.84 bits per heavy atom. The third kappa shape index (κ3) is 5.11. The molecule has 0 bridgehead atoms. The van der Waals surface area contributed by atoms with Crippen molar-refractivity contribution in [2.24, 2.45) is 0 Å². The van der Waals surface area contributed by atoms with Gasteiger partial charge in [-0.2, -0.15) is 0 Å². The molecule has 1 aromatic rings. The van der Waals surface area contributed by atoms with E-state index in [4.69, 9.17) is 16.3 Å². The van der Waals surface area contributed by atoms with Gasteiger partial charge in [0.2, 0.25) is 0 Å². The zero-order valence-electron chi connectivity index (χ0n) is 11.6. The van der Waals surface area contributed by atoms with Crippen LogP contribution in [0.3, 0.4) is 0 Å². The van der Waals surface area contributed by atoms with Crippen LogP contribution in [0.5, 0.6) is 0 Å². The number of benzene rings is 1. The Morgan fingerprint density at radius 1 is 1.32 bits per heavy atom. The number of nitrogens with one attached hydrogen (secondary N) is 1. The monoisotopic (exact) mass is 282 g/mol. The molecule has 0 spiro atoms. The first-order chi connectivity index (χ1) is 9.25. The van der Waals surface area contributed by atoms with Crippen LogP contribution in [0.2, 0.25) is 5.02 Å². The molecular weight excluding hydrogens is 260 g/mol. The fraction of sp³-hybridized carbons (Fsp3) is 0.600. The van der Waals surface area contributed by atoms with Gasteiger partial charge in [-0.05, 0) is 43.6 Å². The van der Waals surface area contributed by atoms with Crippen molar-refractivity contribution in [3.63, 3.8) is 0 Å². The molecule has 0 atom stereocenters. The van der Waals surface area contributed by atoms with Crippen LogP contribution in [-0.2, 0) is 11.3 Å². The zero-order chi connectivity index (χ0) is 13.5. The molecule has 4 heteroatoms. The van der Waals surface area contributed by atoms with Crippen LogP contribution in [0.1, 0.15) is 17.5 Å². The fourth-order valence-corrected chi connectivity index (χ4v) is 2.57. The topological polar surface area (TPSA) is 24.5 Å². The molecule has 0 aromatic heterocycles. The minimum Gasteiger partial charge on any atom is -0.379 e. The Hall–Kier alpha value is -0.610. The molecule has 1 heterocycles. The lowest BCUT2D eigenvalue weighted by molar-refractivity contribution is 0.0374. The molecule has 3 nitrogen and oxygen atoms in total. The minimum atomic E-state index is 0.849. The van der Waals surface area contributed by atoms with E-state index in [-0.39, 0.29) is 0 Å². The number of hydrogen-bond donors (Lipinski definition) is 1. The summed E-state index contributed by atoms with van der Waals surface area (Å²) in [6.45, 7) is 9.00. The van der Waals surface area contributed by atoms with Crippen LogP contribution in [0.15, 0.2) is 18.2 Å². The number of rotatable bonds is 6. The Bertz CT molecular complexity index is 392. The smallest absolute Gasteiger partial charge is 0.0594 e. The quantitative estimate of drug-likeness (QED) is 0.811. The predicted molar refractivity (Wildman–Crippen MR) is 79.8 cm³/mol. The second-order valence-electron chi connectivity index (χ2n) is 5.08. The van der Waals surface area contributed by atoms with Gasteiger partial charge in [0.25, 0.3) is 0 Å². The molecule has 1 saturated heterocycles. The Morgan fingerprint density at radius 2 is 2.11 bits per heavy atom. The Balaban J connectivity index is 1.61. The molecule has 1 aliphatic rings. The number of halogens is 1. The van der Waals surface area contributed by atoms with E-state index in [1.165, 1.54) is 17.5 Å². The molecule has 1 aliphatic heterocycles. The van der Waals surface area contributed by atoms with E-state index in [0.29, 0.717) is 0 Å². The molecule has 0 saturated carbocycles. The van der Waals surface area contributed by atoms with Gasteiger partial charge in [-0.3, -0.25) is 4.90 Å². The second kappa shape index (κ2) is 7.85. The first-order valence-electron chi connectivity index (χ1n) is 7.01. The van der Waals surface area contributed by atoms with Gasteiger partial charge < -0.3 is 10.1 Å². The molecule has 0 radical (unpaired) electrons. The SMILES string of the molecule is Cc1ccc(CNCCCN2CCOCC2)c(Cl)c1. The molecule has 19 heavy (non-hydrogen) atoms. The van der Waals surface area contributed by atoms with Crippen molar-refractivity contribution >= 4 is 11.6 Å². The molecule has 0 amide bonds. The number of aryl methyl sites for hydroxylation is 1. The zero-order valence-corrected chi connectivity index (χ0v) is 12.4. The van der Waals surface area contributed by atoms with Crippen molar-refractivity contribution in [2.75, 3.05) is 39.4 Å². The summed E-state index contributed by atoms with van der Waals surface area (Å²) in [6.07, 6.45) is 1.17. The van der Waals surface area contributed by atoms with Gasteiger partial charge in [0.05, 0.1) is 13.2 Å². The van der Waals surface area contributed by atoms with Crippen LogP contribution in [0.25, 0.3) is 0 Å². The number of hydrogen-bond acceptors (Lipinski definition) is 3.